The summed E-state index contributed by atoms with van der Waals surface area (Å²) in [6, 6.07) is 4.00. The zero-order chi connectivity index (χ0) is 8.48. The van der Waals surface area contributed by atoms with Gasteiger partial charge in [-0.3, -0.25) is 0 Å². The Balaban J connectivity index is 0.00000121. The molecule has 1 aromatic carbocycles. The van der Waals surface area contributed by atoms with Gasteiger partial charge in [0.25, 0.3) is 0 Å². The van der Waals surface area contributed by atoms with Gasteiger partial charge in [0.15, 0.2) is 0 Å². The van der Waals surface area contributed by atoms with E-state index in [0.717, 1.165) is 12.1 Å². The molecule has 0 bridgehead atoms. The van der Waals surface area contributed by atoms with Crippen molar-refractivity contribution in [1.82, 2.24) is 0 Å². The summed E-state index contributed by atoms with van der Waals surface area (Å²) in [5.74, 6) is -0.727. The van der Waals surface area contributed by atoms with E-state index in [9.17, 15) is 18.7 Å². The molecule has 0 amide bonds. The van der Waals surface area contributed by atoms with Crippen LogP contribution in [0.3, 0.4) is 0 Å². The van der Waals surface area contributed by atoms with E-state index >= 15 is 0 Å². The van der Waals surface area contributed by atoms with Crippen molar-refractivity contribution in [3.05, 3.63) is 30.1 Å². The van der Waals surface area contributed by atoms with Gasteiger partial charge < -0.3 is 14.4 Å². The maximum atomic E-state index is 12.3. The van der Waals surface area contributed by atoms with Gasteiger partial charge in [-0.1, -0.05) is 12.1 Å². The molecule has 0 aliphatic carbocycles. The van der Waals surface area contributed by atoms with E-state index < -0.39 is 18.7 Å². The van der Waals surface area contributed by atoms with Crippen molar-refractivity contribution < 1.29 is 18.7 Å². The molecule has 0 radical (unpaired) electrons. The Bertz CT molecular complexity index is 311. The van der Waals surface area contributed by atoms with Gasteiger partial charge in [-0.05, 0) is 25.0 Å². The average molecular weight is 214 g/mol. The van der Waals surface area contributed by atoms with Crippen molar-refractivity contribution in [2.75, 3.05) is 0 Å². The molecule has 12 heavy (non-hydrogen) atoms. The molecule has 0 fully saturated rings. The molecule has 0 heterocycles. The van der Waals surface area contributed by atoms with E-state index in [2.05, 4.69) is 0 Å². The first kappa shape index (κ1) is 12.6. The Morgan fingerprint density at radius 1 is 1.33 bits per heavy atom. The van der Waals surface area contributed by atoms with Crippen LogP contribution < -0.4 is 15.1 Å². The normalized spacial score (nSPS) is 10.6. The molecule has 0 spiro atoms. The maximum absolute atomic E-state index is 12.3. The first-order valence-electron chi connectivity index (χ1n) is 2.78. The minimum Gasteiger partial charge on any atom is -0.807 e. The van der Waals surface area contributed by atoms with Crippen LogP contribution in [-0.2, 0) is 4.57 Å². The van der Waals surface area contributed by atoms with Gasteiger partial charge in [0, 0.05) is 0 Å². The molecular weight excluding hydrogens is 210 g/mol. The molecule has 60 valence electrons. The Kier molecular flexibility index (Phi) is 4.92. The zero-order valence-corrected chi connectivity index (χ0v) is 9.17. The minimum absolute atomic E-state index is 0. The van der Waals surface area contributed by atoms with Crippen molar-refractivity contribution in [2.45, 2.75) is 0 Å². The van der Waals surface area contributed by atoms with E-state index in [1.54, 1.807) is 0 Å². The maximum Gasteiger partial charge on any atom is 2.00 e. The minimum atomic E-state index is -4.79. The summed E-state index contributed by atoms with van der Waals surface area (Å²) in [6.45, 7) is 0. The molecule has 6 heteroatoms. The summed E-state index contributed by atoms with van der Waals surface area (Å²) < 4.78 is 22.6. The Morgan fingerprint density at radius 3 is 2.25 bits per heavy atom. The van der Waals surface area contributed by atoms with E-state index in [-0.39, 0.29) is 37.7 Å². The first-order chi connectivity index (χ1) is 5.00. The molecule has 0 saturated carbocycles. The second kappa shape index (κ2) is 4.70. The zero-order valence-electron chi connectivity index (χ0n) is 6.07. The second-order valence-electron chi connectivity index (χ2n) is 1.98. The molecule has 0 atom stereocenters. The van der Waals surface area contributed by atoms with Crippen LogP contribution >= 0.6 is 7.60 Å². The monoisotopic (exact) mass is 214 g/mol. The van der Waals surface area contributed by atoms with Gasteiger partial charge in [-0.15, -0.1) is 0 Å². The van der Waals surface area contributed by atoms with Gasteiger partial charge in [0.05, 0.1) is 0 Å². The van der Waals surface area contributed by atoms with Gasteiger partial charge in [0.1, 0.15) is 5.82 Å². The fraction of sp³-hybridized carbons (Fsp3) is 0. The van der Waals surface area contributed by atoms with Crippen LogP contribution in [0.5, 0.6) is 0 Å². The largest absolute Gasteiger partial charge is 2.00 e. The predicted molar refractivity (Wildman–Crippen MR) is 39.4 cm³/mol. The number of halogens is 1. The topological polar surface area (TPSA) is 63.2 Å². The Labute approximate surface area is 98.8 Å². The van der Waals surface area contributed by atoms with E-state index in [1.807, 2.05) is 0 Å². The van der Waals surface area contributed by atoms with Gasteiger partial charge in [0.2, 0.25) is 0 Å². The molecule has 1 aromatic rings. The van der Waals surface area contributed by atoms with Gasteiger partial charge in [-0.25, -0.2) is 4.39 Å². The van der Waals surface area contributed by atoms with Crippen molar-refractivity contribution in [2.24, 2.45) is 0 Å². The van der Waals surface area contributed by atoms with Gasteiger partial charge in [-0.2, -0.15) is 0 Å². The fourth-order valence-corrected chi connectivity index (χ4v) is 1.20. The number of benzene rings is 1. The summed E-state index contributed by atoms with van der Waals surface area (Å²) in [5, 5.41) is -0.516. The van der Waals surface area contributed by atoms with Crippen LogP contribution in [0.4, 0.5) is 4.39 Å². The standard InChI is InChI=1S/C6H6FO3P.Ca/c7-5-2-1-3-6(4-5)11(8,9)10;/h1-4H,(H2,8,9,10);/q;+2/p-2. The third kappa shape index (κ3) is 3.52. The summed E-state index contributed by atoms with van der Waals surface area (Å²) in [6.07, 6.45) is 0. The Morgan fingerprint density at radius 2 is 1.92 bits per heavy atom. The number of rotatable bonds is 1. The van der Waals surface area contributed by atoms with Crippen LogP contribution in [0.2, 0.25) is 0 Å². The van der Waals surface area contributed by atoms with E-state index in [0.29, 0.717) is 6.07 Å². The summed E-state index contributed by atoms with van der Waals surface area (Å²) >= 11 is 0. The smallest absolute Gasteiger partial charge is 0.807 e. The molecule has 0 aliphatic heterocycles. The van der Waals surface area contributed by atoms with Gasteiger partial charge >= 0.3 is 37.7 Å². The predicted octanol–water partition coefficient (Wildman–Crippen LogP) is -1.02. The molecule has 1 rings (SSSR count). The Hall–Kier alpha value is 0.560. The summed E-state index contributed by atoms with van der Waals surface area (Å²) in [7, 11) is -4.79. The molecule has 0 N–H and O–H groups in total. The molecule has 0 aliphatic rings. The van der Waals surface area contributed by atoms with E-state index in [4.69, 9.17) is 0 Å². The third-order valence-corrected chi connectivity index (χ3v) is 2.04. The van der Waals surface area contributed by atoms with Crippen molar-refractivity contribution >= 4 is 50.6 Å². The van der Waals surface area contributed by atoms with Crippen LogP contribution in [0.25, 0.3) is 0 Å². The molecular formula is C6H4CaFO3P. The van der Waals surface area contributed by atoms with Crippen molar-refractivity contribution in [3.63, 3.8) is 0 Å². The fourth-order valence-electron chi connectivity index (χ4n) is 0.646. The average Bonchev–Trinajstić information content (AvgIpc) is 1.86. The molecule has 0 aromatic heterocycles. The quantitative estimate of drug-likeness (QED) is 0.444. The molecule has 0 saturated heterocycles. The summed E-state index contributed by atoms with van der Waals surface area (Å²) in [5.41, 5.74) is 0. The number of hydrogen-bond acceptors (Lipinski definition) is 3. The number of hydrogen-bond donors (Lipinski definition) is 0. The SMILES string of the molecule is O=P([O-])([O-])c1cccc(F)c1.[Ca+2]. The van der Waals surface area contributed by atoms with Crippen LogP contribution in [0.15, 0.2) is 24.3 Å². The summed E-state index contributed by atoms with van der Waals surface area (Å²) in [4.78, 5) is 20.6. The second-order valence-corrected chi connectivity index (χ2v) is 3.49. The van der Waals surface area contributed by atoms with Crippen LogP contribution in [0, 0.1) is 5.82 Å². The molecule has 3 nitrogen and oxygen atoms in total. The third-order valence-electron chi connectivity index (χ3n) is 1.12. The van der Waals surface area contributed by atoms with Crippen molar-refractivity contribution in [3.8, 4) is 0 Å². The van der Waals surface area contributed by atoms with E-state index in [1.165, 1.54) is 6.07 Å². The van der Waals surface area contributed by atoms with Crippen molar-refractivity contribution in [1.29, 1.82) is 0 Å². The van der Waals surface area contributed by atoms with Crippen LogP contribution in [0.1, 0.15) is 0 Å². The van der Waals surface area contributed by atoms with Crippen LogP contribution in [-0.4, -0.2) is 37.7 Å². The molecule has 0 unspecified atom stereocenters. The first-order valence-corrected chi connectivity index (χ1v) is 4.32.